The van der Waals surface area contributed by atoms with Crippen LogP contribution in [0, 0.1) is 6.92 Å². The topological polar surface area (TPSA) is 81.6 Å². The Kier molecular flexibility index (Phi) is 2.65. The van der Waals surface area contributed by atoms with E-state index < -0.39 is 0 Å². The minimum Gasteiger partial charge on any atom is -0.308 e. The highest BCUT2D eigenvalue weighted by Crippen LogP contribution is 2.17. The molecule has 2 aromatic heterocycles. The number of rotatable bonds is 2. The van der Waals surface area contributed by atoms with Gasteiger partial charge in [-0.15, -0.1) is 0 Å². The van der Waals surface area contributed by atoms with Gasteiger partial charge in [-0.05, 0) is 22.9 Å². The van der Waals surface area contributed by atoms with Crippen LogP contribution in [-0.4, -0.2) is 19.7 Å². The fourth-order valence-electron chi connectivity index (χ4n) is 1.23. The van der Waals surface area contributed by atoms with Crippen LogP contribution in [0.15, 0.2) is 23.2 Å². The minimum atomic E-state index is 0.589. The highest BCUT2D eigenvalue weighted by molar-refractivity contribution is 9.10. The Labute approximate surface area is 94.6 Å². The smallest absolute Gasteiger partial charge is 0.161 e. The highest BCUT2D eigenvalue weighted by Gasteiger charge is 2.08. The Bertz CT molecular complexity index is 480. The van der Waals surface area contributed by atoms with Gasteiger partial charge in [0.1, 0.15) is 12.1 Å². The van der Waals surface area contributed by atoms with Gasteiger partial charge in [0.25, 0.3) is 0 Å². The largest absolute Gasteiger partial charge is 0.308 e. The molecule has 0 saturated heterocycles. The van der Waals surface area contributed by atoms with Crippen LogP contribution in [0.5, 0.6) is 0 Å². The van der Waals surface area contributed by atoms with Gasteiger partial charge in [-0.3, -0.25) is 0 Å². The number of halogens is 1. The first-order valence-electron chi connectivity index (χ1n) is 4.21. The monoisotopic (exact) mass is 268 g/mol. The Morgan fingerprint density at radius 2 is 2.27 bits per heavy atom. The van der Waals surface area contributed by atoms with Crippen molar-refractivity contribution in [3.8, 4) is 5.82 Å². The van der Waals surface area contributed by atoms with Gasteiger partial charge < -0.3 is 5.43 Å². The SMILES string of the molecule is Cc1c(NN)ncnc1-n1cc(Br)cn1. The van der Waals surface area contributed by atoms with Gasteiger partial charge in [-0.2, -0.15) is 5.10 Å². The number of hydrogen-bond acceptors (Lipinski definition) is 5. The molecule has 2 heterocycles. The number of nitrogens with zero attached hydrogens (tertiary/aromatic N) is 4. The maximum Gasteiger partial charge on any atom is 0.161 e. The van der Waals surface area contributed by atoms with Crippen molar-refractivity contribution in [1.82, 2.24) is 19.7 Å². The summed E-state index contributed by atoms with van der Waals surface area (Å²) in [6.45, 7) is 1.88. The lowest BCUT2D eigenvalue weighted by Gasteiger charge is -2.07. The highest BCUT2D eigenvalue weighted by atomic mass is 79.9. The lowest BCUT2D eigenvalue weighted by Crippen LogP contribution is -2.12. The van der Waals surface area contributed by atoms with Crippen LogP contribution in [0.4, 0.5) is 5.82 Å². The molecule has 0 aromatic carbocycles. The Morgan fingerprint density at radius 1 is 1.47 bits per heavy atom. The number of nitrogen functional groups attached to an aromatic ring is 1. The number of hydrogen-bond donors (Lipinski definition) is 2. The van der Waals surface area contributed by atoms with Crippen molar-refractivity contribution in [2.45, 2.75) is 6.92 Å². The van der Waals surface area contributed by atoms with E-state index in [0.717, 1.165) is 10.0 Å². The number of hydrazine groups is 1. The predicted molar refractivity (Wildman–Crippen MR) is 59.4 cm³/mol. The molecule has 7 heteroatoms. The van der Waals surface area contributed by atoms with E-state index in [-0.39, 0.29) is 0 Å². The summed E-state index contributed by atoms with van der Waals surface area (Å²) in [5, 5.41) is 4.13. The van der Waals surface area contributed by atoms with Crippen molar-refractivity contribution in [2.24, 2.45) is 5.84 Å². The van der Waals surface area contributed by atoms with Gasteiger partial charge in [0.05, 0.1) is 10.7 Å². The van der Waals surface area contributed by atoms with E-state index in [0.29, 0.717) is 11.6 Å². The van der Waals surface area contributed by atoms with Crippen molar-refractivity contribution >= 4 is 21.7 Å². The second kappa shape index (κ2) is 3.95. The zero-order valence-electron chi connectivity index (χ0n) is 7.98. The molecule has 6 nitrogen and oxygen atoms in total. The van der Waals surface area contributed by atoms with Crippen LogP contribution in [0.3, 0.4) is 0 Å². The standard InChI is InChI=1S/C8H9BrN6/c1-5-7(14-10)11-4-12-8(5)15-3-6(9)2-13-15/h2-4H,10H2,1H3,(H,11,12,14). The summed E-state index contributed by atoms with van der Waals surface area (Å²) in [5.74, 6) is 6.61. The number of anilines is 1. The fraction of sp³-hybridized carbons (Fsp3) is 0.125. The Hall–Kier alpha value is -1.47. The first kappa shape index (κ1) is 10.1. The van der Waals surface area contributed by atoms with E-state index in [4.69, 9.17) is 5.84 Å². The third kappa shape index (κ3) is 1.83. The van der Waals surface area contributed by atoms with Crippen LogP contribution in [-0.2, 0) is 0 Å². The summed E-state index contributed by atoms with van der Waals surface area (Å²) in [6, 6.07) is 0. The van der Waals surface area contributed by atoms with Crippen LogP contribution in [0.1, 0.15) is 5.56 Å². The van der Waals surface area contributed by atoms with E-state index in [2.05, 4.69) is 36.4 Å². The van der Waals surface area contributed by atoms with Crippen molar-refractivity contribution in [1.29, 1.82) is 0 Å². The van der Waals surface area contributed by atoms with Crippen LogP contribution >= 0.6 is 15.9 Å². The zero-order chi connectivity index (χ0) is 10.8. The molecule has 0 aliphatic heterocycles. The molecule has 78 valence electrons. The van der Waals surface area contributed by atoms with E-state index in [1.54, 1.807) is 10.9 Å². The van der Waals surface area contributed by atoms with Gasteiger partial charge in [0.15, 0.2) is 5.82 Å². The molecular formula is C8H9BrN6. The summed E-state index contributed by atoms with van der Waals surface area (Å²) < 4.78 is 2.55. The molecule has 0 spiro atoms. The van der Waals surface area contributed by atoms with Crippen LogP contribution < -0.4 is 11.3 Å². The molecule has 0 saturated carbocycles. The molecule has 0 fully saturated rings. The quantitative estimate of drug-likeness (QED) is 0.628. The molecule has 15 heavy (non-hydrogen) atoms. The fourth-order valence-corrected chi connectivity index (χ4v) is 1.52. The summed E-state index contributed by atoms with van der Waals surface area (Å²) in [4.78, 5) is 8.13. The first-order chi connectivity index (χ1) is 7.22. The Balaban J connectivity index is 2.53. The second-order valence-corrected chi connectivity index (χ2v) is 3.83. The molecule has 3 N–H and O–H groups in total. The van der Waals surface area contributed by atoms with E-state index in [9.17, 15) is 0 Å². The van der Waals surface area contributed by atoms with Crippen LogP contribution in [0.2, 0.25) is 0 Å². The molecule has 0 radical (unpaired) electrons. The third-order valence-corrected chi connectivity index (χ3v) is 2.37. The third-order valence-electron chi connectivity index (χ3n) is 1.96. The number of nitrogens with two attached hydrogens (primary N) is 1. The molecule has 0 atom stereocenters. The predicted octanol–water partition coefficient (Wildman–Crippen LogP) is 1.02. The molecule has 0 bridgehead atoms. The lowest BCUT2D eigenvalue weighted by atomic mass is 10.3. The van der Waals surface area contributed by atoms with Gasteiger partial charge in [0, 0.05) is 11.8 Å². The maximum absolute atomic E-state index is 5.32. The van der Waals surface area contributed by atoms with Gasteiger partial charge in [-0.25, -0.2) is 20.5 Å². The van der Waals surface area contributed by atoms with Gasteiger partial charge in [0.2, 0.25) is 0 Å². The molecule has 0 unspecified atom stereocenters. The van der Waals surface area contributed by atoms with E-state index in [1.165, 1.54) is 6.33 Å². The van der Waals surface area contributed by atoms with Crippen molar-refractivity contribution < 1.29 is 0 Å². The summed E-state index contributed by atoms with van der Waals surface area (Å²) in [6.07, 6.45) is 4.94. The molecule has 0 aliphatic carbocycles. The number of aromatic nitrogens is 4. The Morgan fingerprint density at radius 3 is 2.87 bits per heavy atom. The summed E-state index contributed by atoms with van der Waals surface area (Å²) >= 11 is 3.32. The minimum absolute atomic E-state index is 0.589. The van der Waals surface area contributed by atoms with E-state index >= 15 is 0 Å². The average molecular weight is 269 g/mol. The van der Waals surface area contributed by atoms with Crippen molar-refractivity contribution in [2.75, 3.05) is 5.43 Å². The second-order valence-electron chi connectivity index (χ2n) is 2.92. The lowest BCUT2D eigenvalue weighted by molar-refractivity contribution is 0.829. The molecule has 0 amide bonds. The normalized spacial score (nSPS) is 10.3. The van der Waals surface area contributed by atoms with Crippen LogP contribution in [0.25, 0.3) is 5.82 Å². The molecule has 2 rings (SSSR count). The summed E-state index contributed by atoms with van der Waals surface area (Å²) in [7, 11) is 0. The maximum atomic E-state index is 5.32. The van der Waals surface area contributed by atoms with E-state index in [1.807, 2.05) is 13.1 Å². The zero-order valence-corrected chi connectivity index (χ0v) is 9.56. The van der Waals surface area contributed by atoms with Gasteiger partial charge in [-0.1, -0.05) is 0 Å². The molecule has 2 aromatic rings. The van der Waals surface area contributed by atoms with Gasteiger partial charge >= 0.3 is 0 Å². The van der Waals surface area contributed by atoms with Crippen molar-refractivity contribution in [3.63, 3.8) is 0 Å². The average Bonchev–Trinajstić information content (AvgIpc) is 2.65. The molecular weight excluding hydrogens is 260 g/mol. The van der Waals surface area contributed by atoms with Crippen molar-refractivity contribution in [3.05, 3.63) is 28.8 Å². The molecule has 0 aliphatic rings. The first-order valence-corrected chi connectivity index (χ1v) is 5.00. The summed E-state index contributed by atoms with van der Waals surface area (Å²) in [5.41, 5.74) is 3.35. The number of nitrogens with one attached hydrogen (secondary N) is 1.